The summed E-state index contributed by atoms with van der Waals surface area (Å²) >= 11 is 1.77. The van der Waals surface area contributed by atoms with E-state index >= 15 is 0 Å². The minimum absolute atomic E-state index is 0.252. The molecular weight excluding hydrogens is 289 g/mol. The largest absolute Gasteiger partial charge is 0.387 e. The average Bonchev–Trinajstić information content (AvgIpc) is 2.89. The normalized spacial score (nSPS) is 22.3. The summed E-state index contributed by atoms with van der Waals surface area (Å²) in [5.41, 5.74) is 0.169. The molecule has 1 unspecified atom stereocenters. The lowest BCUT2D eigenvalue weighted by atomic mass is 10.0. The van der Waals surface area contributed by atoms with Crippen molar-refractivity contribution in [3.05, 3.63) is 35.6 Å². The molecule has 0 aliphatic carbocycles. The second-order valence-corrected chi connectivity index (χ2v) is 6.31. The zero-order valence-corrected chi connectivity index (χ0v) is 13.0. The fourth-order valence-electron chi connectivity index (χ4n) is 2.13. The standard InChI is InChI=1S/C15H22FN3OS/c1-2-17-14(19-10-15(20)6-7-21-11-15)18-9-12-4-3-5-13(16)8-12/h3-5,8,20H,2,6-7,9-11H2,1H3,(H2,17,18,19). The Morgan fingerprint density at radius 3 is 3.00 bits per heavy atom. The van der Waals surface area contributed by atoms with Gasteiger partial charge >= 0.3 is 0 Å². The summed E-state index contributed by atoms with van der Waals surface area (Å²) in [5, 5.41) is 16.6. The highest BCUT2D eigenvalue weighted by Crippen LogP contribution is 2.26. The Balaban J connectivity index is 1.92. The van der Waals surface area contributed by atoms with Crippen LogP contribution >= 0.6 is 11.8 Å². The van der Waals surface area contributed by atoms with Crippen molar-refractivity contribution >= 4 is 17.7 Å². The van der Waals surface area contributed by atoms with Gasteiger partial charge in [0, 0.05) is 18.8 Å². The number of hydrogen-bond donors (Lipinski definition) is 3. The van der Waals surface area contributed by atoms with Crippen LogP contribution in [-0.2, 0) is 6.54 Å². The Labute approximate surface area is 129 Å². The van der Waals surface area contributed by atoms with Gasteiger partial charge in [-0.3, -0.25) is 0 Å². The monoisotopic (exact) mass is 311 g/mol. The maximum atomic E-state index is 13.1. The molecule has 0 spiro atoms. The number of rotatable bonds is 5. The van der Waals surface area contributed by atoms with E-state index in [4.69, 9.17) is 0 Å². The number of benzene rings is 1. The Bertz CT molecular complexity index is 490. The highest BCUT2D eigenvalue weighted by atomic mass is 32.2. The van der Waals surface area contributed by atoms with Gasteiger partial charge in [-0.15, -0.1) is 0 Å². The minimum atomic E-state index is -0.653. The minimum Gasteiger partial charge on any atom is -0.387 e. The molecule has 1 saturated heterocycles. The average molecular weight is 311 g/mol. The zero-order chi connectivity index (χ0) is 15.1. The molecule has 1 atom stereocenters. The summed E-state index contributed by atoms with van der Waals surface area (Å²) in [6, 6.07) is 6.43. The number of aliphatic imine (C=N–C) groups is 1. The first kappa shape index (κ1) is 16.1. The van der Waals surface area contributed by atoms with Crippen molar-refractivity contribution in [2.45, 2.75) is 25.5 Å². The lowest BCUT2D eigenvalue weighted by Crippen LogP contribution is -2.47. The fraction of sp³-hybridized carbons (Fsp3) is 0.533. The molecule has 4 nitrogen and oxygen atoms in total. The predicted molar refractivity (Wildman–Crippen MR) is 86.1 cm³/mol. The number of guanidine groups is 1. The summed E-state index contributed by atoms with van der Waals surface area (Å²) in [5.74, 6) is 2.14. The number of nitrogens with zero attached hydrogens (tertiary/aromatic N) is 1. The van der Waals surface area contributed by atoms with Gasteiger partial charge in [0.15, 0.2) is 5.96 Å². The van der Waals surface area contributed by atoms with Gasteiger partial charge in [0.25, 0.3) is 0 Å². The maximum absolute atomic E-state index is 13.1. The molecule has 0 amide bonds. The molecule has 1 fully saturated rings. The van der Waals surface area contributed by atoms with Gasteiger partial charge < -0.3 is 15.7 Å². The molecular formula is C15H22FN3OS. The quantitative estimate of drug-likeness (QED) is 0.573. The molecule has 1 aromatic carbocycles. The Morgan fingerprint density at radius 1 is 1.48 bits per heavy atom. The third-order valence-corrected chi connectivity index (χ3v) is 4.55. The van der Waals surface area contributed by atoms with Crippen LogP contribution in [0.5, 0.6) is 0 Å². The summed E-state index contributed by atoms with van der Waals surface area (Å²) in [6.45, 7) is 3.61. The number of hydrogen-bond acceptors (Lipinski definition) is 3. The van der Waals surface area contributed by atoms with E-state index in [1.54, 1.807) is 17.8 Å². The number of nitrogens with one attached hydrogen (secondary N) is 2. The van der Waals surface area contributed by atoms with Crippen LogP contribution in [-0.4, -0.2) is 41.3 Å². The number of thioether (sulfide) groups is 1. The van der Waals surface area contributed by atoms with Crippen molar-refractivity contribution < 1.29 is 9.50 Å². The van der Waals surface area contributed by atoms with Gasteiger partial charge in [0.2, 0.25) is 0 Å². The molecule has 0 saturated carbocycles. The molecule has 1 aromatic rings. The van der Waals surface area contributed by atoms with Crippen LogP contribution in [0, 0.1) is 5.82 Å². The van der Waals surface area contributed by atoms with Gasteiger partial charge in [-0.2, -0.15) is 11.8 Å². The van der Waals surface area contributed by atoms with Gasteiger partial charge in [-0.1, -0.05) is 12.1 Å². The highest BCUT2D eigenvalue weighted by Gasteiger charge is 2.31. The molecule has 1 aliphatic rings. The Hall–Kier alpha value is -1.27. The third kappa shape index (κ3) is 5.21. The van der Waals surface area contributed by atoms with E-state index < -0.39 is 5.60 Å². The van der Waals surface area contributed by atoms with Crippen molar-refractivity contribution in [1.29, 1.82) is 0 Å². The second-order valence-electron chi connectivity index (χ2n) is 5.21. The molecule has 21 heavy (non-hydrogen) atoms. The first-order valence-electron chi connectivity index (χ1n) is 7.18. The molecule has 116 valence electrons. The smallest absolute Gasteiger partial charge is 0.191 e. The highest BCUT2D eigenvalue weighted by molar-refractivity contribution is 7.99. The van der Waals surface area contributed by atoms with E-state index in [2.05, 4.69) is 15.6 Å². The summed E-state index contributed by atoms with van der Waals surface area (Å²) in [6.07, 6.45) is 0.800. The predicted octanol–water partition coefficient (Wildman–Crippen LogP) is 1.75. The first-order valence-corrected chi connectivity index (χ1v) is 8.33. The van der Waals surface area contributed by atoms with Crippen molar-refractivity contribution in [3.8, 4) is 0 Å². The molecule has 2 rings (SSSR count). The van der Waals surface area contributed by atoms with E-state index in [-0.39, 0.29) is 5.82 Å². The van der Waals surface area contributed by atoms with Crippen LogP contribution in [0.25, 0.3) is 0 Å². The van der Waals surface area contributed by atoms with Crippen LogP contribution in [0.2, 0.25) is 0 Å². The number of aliphatic hydroxyl groups is 1. The van der Waals surface area contributed by atoms with Crippen LogP contribution in [0.1, 0.15) is 18.9 Å². The first-order chi connectivity index (χ1) is 10.1. The summed E-state index contributed by atoms with van der Waals surface area (Å²) in [4.78, 5) is 4.43. The molecule has 1 aliphatic heterocycles. The fourth-order valence-corrected chi connectivity index (χ4v) is 3.43. The number of halogens is 1. The van der Waals surface area contributed by atoms with Crippen LogP contribution in [0.15, 0.2) is 29.3 Å². The van der Waals surface area contributed by atoms with Crippen LogP contribution in [0.4, 0.5) is 4.39 Å². The van der Waals surface area contributed by atoms with Crippen LogP contribution in [0.3, 0.4) is 0 Å². The summed E-state index contributed by atoms with van der Waals surface area (Å²) in [7, 11) is 0. The van der Waals surface area contributed by atoms with Crippen LogP contribution < -0.4 is 10.6 Å². The molecule has 1 heterocycles. The summed E-state index contributed by atoms with van der Waals surface area (Å²) < 4.78 is 13.1. The van der Waals surface area contributed by atoms with E-state index in [0.717, 1.165) is 30.0 Å². The van der Waals surface area contributed by atoms with Crippen molar-refractivity contribution in [2.75, 3.05) is 24.6 Å². The zero-order valence-electron chi connectivity index (χ0n) is 12.2. The Morgan fingerprint density at radius 2 is 2.33 bits per heavy atom. The Kier molecular flexibility index (Phi) is 5.87. The van der Waals surface area contributed by atoms with Crippen molar-refractivity contribution in [2.24, 2.45) is 4.99 Å². The van der Waals surface area contributed by atoms with E-state index in [1.807, 2.05) is 13.0 Å². The third-order valence-electron chi connectivity index (χ3n) is 3.32. The van der Waals surface area contributed by atoms with E-state index in [0.29, 0.717) is 19.0 Å². The van der Waals surface area contributed by atoms with Crippen molar-refractivity contribution in [3.63, 3.8) is 0 Å². The molecule has 0 bridgehead atoms. The lowest BCUT2D eigenvalue weighted by molar-refractivity contribution is 0.0724. The van der Waals surface area contributed by atoms with Gasteiger partial charge in [0.1, 0.15) is 5.82 Å². The van der Waals surface area contributed by atoms with Crippen molar-refractivity contribution in [1.82, 2.24) is 10.6 Å². The van der Waals surface area contributed by atoms with Gasteiger partial charge in [0.05, 0.1) is 12.1 Å². The second kappa shape index (κ2) is 7.66. The molecule has 0 radical (unpaired) electrons. The topological polar surface area (TPSA) is 56.7 Å². The maximum Gasteiger partial charge on any atom is 0.191 e. The molecule has 0 aromatic heterocycles. The lowest BCUT2D eigenvalue weighted by Gasteiger charge is -2.23. The molecule has 3 N–H and O–H groups in total. The van der Waals surface area contributed by atoms with E-state index in [9.17, 15) is 9.50 Å². The van der Waals surface area contributed by atoms with Gasteiger partial charge in [-0.25, -0.2) is 9.38 Å². The van der Waals surface area contributed by atoms with E-state index in [1.165, 1.54) is 12.1 Å². The van der Waals surface area contributed by atoms with Gasteiger partial charge in [-0.05, 0) is 36.8 Å². The molecule has 6 heteroatoms. The SMILES string of the molecule is CCNC(=NCc1cccc(F)c1)NCC1(O)CCSC1.